The predicted octanol–water partition coefficient (Wildman–Crippen LogP) is 3.10. The number of rotatable bonds is 6. The molecule has 3 atom stereocenters. The van der Waals surface area contributed by atoms with Crippen LogP contribution in [0.2, 0.25) is 0 Å². The lowest BCUT2D eigenvalue weighted by atomic mass is 10.0. The Bertz CT molecular complexity index is 333. The second-order valence-electron chi connectivity index (χ2n) is 5.06. The van der Waals surface area contributed by atoms with Crippen LogP contribution in [0.15, 0.2) is 16.5 Å². The highest BCUT2D eigenvalue weighted by atomic mass is 16.3. The Labute approximate surface area is 105 Å². The standard InChI is InChI=1S/C14H26N2O/c1-6-7-10(2)16(5)14(12(4)15)13-9-8-11(3)17-13/h8-10,12,14H,6-7,15H2,1-5H3. The van der Waals surface area contributed by atoms with Gasteiger partial charge in [0, 0.05) is 12.1 Å². The van der Waals surface area contributed by atoms with Crippen LogP contribution < -0.4 is 5.73 Å². The van der Waals surface area contributed by atoms with Gasteiger partial charge in [0.1, 0.15) is 11.5 Å². The summed E-state index contributed by atoms with van der Waals surface area (Å²) >= 11 is 0. The summed E-state index contributed by atoms with van der Waals surface area (Å²) in [6.45, 7) is 8.46. The molecule has 3 unspecified atom stereocenters. The Balaban J connectivity index is 2.86. The van der Waals surface area contributed by atoms with Gasteiger partial charge in [-0.1, -0.05) is 13.3 Å². The zero-order valence-corrected chi connectivity index (χ0v) is 11.7. The molecule has 1 heterocycles. The second-order valence-corrected chi connectivity index (χ2v) is 5.06. The van der Waals surface area contributed by atoms with Gasteiger partial charge in [-0.3, -0.25) is 4.90 Å². The topological polar surface area (TPSA) is 42.4 Å². The Morgan fingerprint density at radius 3 is 2.41 bits per heavy atom. The molecule has 1 aromatic heterocycles. The molecule has 17 heavy (non-hydrogen) atoms. The molecule has 0 fully saturated rings. The SMILES string of the molecule is CCCC(C)N(C)C(c1ccc(C)o1)C(C)N. The molecule has 0 spiro atoms. The molecule has 0 aliphatic heterocycles. The van der Waals surface area contributed by atoms with E-state index in [9.17, 15) is 0 Å². The Hall–Kier alpha value is -0.800. The van der Waals surface area contributed by atoms with E-state index in [2.05, 4.69) is 25.8 Å². The van der Waals surface area contributed by atoms with Crippen LogP contribution in [0.3, 0.4) is 0 Å². The molecule has 3 nitrogen and oxygen atoms in total. The number of likely N-dealkylation sites (N-methyl/N-ethyl adjacent to an activating group) is 1. The normalized spacial score (nSPS) is 17.1. The summed E-state index contributed by atoms with van der Waals surface area (Å²) in [6, 6.07) is 4.78. The fraction of sp³-hybridized carbons (Fsp3) is 0.714. The lowest BCUT2D eigenvalue weighted by molar-refractivity contribution is 0.137. The minimum absolute atomic E-state index is 0.0601. The summed E-state index contributed by atoms with van der Waals surface area (Å²) < 4.78 is 5.73. The van der Waals surface area contributed by atoms with Crippen LogP contribution in [0.1, 0.15) is 51.2 Å². The van der Waals surface area contributed by atoms with Gasteiger partial charge in [0.25, 0.3) is 0 Å². The van der Waals surface area contributed by atoms with E-state index in [-0.39, 0.29) is 12.1 Å². The molecule has 0 aromatic carbocycles. The highest BCUT2D eigenvalue weighted by Crippen LogP contribution is 2.26. The molecule has 0 aliphatic rings. The van der Waals surface area contributed by atoms with E-state index in [4.69, 9.17) is 10.2 Å². The van der Waals surface area contributed by atoms with Gasteiger partial charge in [-0.05, 0) is 46.4 Å². The first-order valence-electron chi connectivity index (χ1n) is 6.51. The number of nitrogens with zero attached hydrogens (tertiary/aromatic N) is 1. The van der Waals surface area contributed by atoms with Crippen LogP contribution in [0, 0.1) is 6.92 Å². The summed E-state index contributed by atoms with van der Waals surface area (Å²) in [4.78, 5) is 2.33. The van der Waals surface area contributed by atoms with Crippen molar-refractivity contribution in [3.8, 4) is 0 Å². The van der Waals surface area contributed by atoms with E-state index < -0.39 is 0 Å². The van der Waals surface area contributed by atoms with Crippen molar-refractivity contribution in [1.82, 2.24) is 4.90 Å². The van der Waals surface area contributed by atoms with Gasteiger partial charge in [-0.15, -0.1) is 0 Å². The minimum Gasteiger partial charge on any atom is -0.465 e. The van der Waals surface area contributed by atoms with Crippen molar-refractivity contribution in [2.75, 3.05) is 7.05 Å². The van der Waals surface area contributed by atoms with Gasteiger partial charge >= 0.3 is 0 Å². The van der Waals surface area contributed by atoms with Crippen molar-refractivity contribution in [2.45, 2.75) is 58.7 Å². The lowest BCUT2D eigenvalue weighted by Gasteiger charge is -2.34. The molecule has 0 saturated carbocycles. The molecule has 98 valence electrons. The van der Waals surface area contributed by atoms with Crippen molar-refractivity contribution in [3.05, 3.63) is 23.7 Å². The van der Waals surface area contributed by atoms with Gasteiger partial charge in [0.2, 0.25) is 0 Å². The van der Waals surface area contributed by atoms with Crippen LogP contribution in [0.5, 0.6) is 0 Å². The Kier molecular flexibility index (Phi) is 5.22. The lowest BCUT2D eigenvalue weighted by Crippen LogP contribution is -2.41. The van der Waals surface area contributed by atoms with Crippen molar-refractivity contribution >= 4 is 0 Å². The summed E-state index contributed by atoms with van der Waals surface area (Å²) in [5.41, 5.74) is 6.11. The fourth-order valence-corrected chi connectivity index (χ4v) is 2.34. The number of hydrogen-bond acceptors (Lipinski definition) is 3. The molecule has 0 aliphatic carbocycles. The van der Waals surface area contributed by atoms with Gasteiger partial charge < -0.3 is 10.2 Å². The van der Waals surface area contributed by atoms with Gasteiger partial charge in [-0.2, -0.15) is 0 Å². The Morgan fingerprint density at radius 1 is 1.35 bits per heavy atom. The summed E-state index contributed by atoms with van der Waals surface area (Å²) in [5.74, 6) is 1.92. The summed E-state index contributed by atoms with van der Waals surface area (Å²) in [7, 11) is 2.13. The fourth-order valence-electron chi connectivity index (χ4n) is 2.34. The van der Waals surface area contributed by atoms with Gasteiger partial charge in [0.15, 0.2) is 0 Å². The van der Waals surface area contributed by atoms with E-state index in [0.717, 1.165) is 11.5 Å². The molecule has 0 bridgehead atoms. The van der Waals surface area contributed by atoms with Crippen molar-refractivity contribution in [1.29, 1.82) is 0 Å². The average Bonchev–Trinajstić information content (AvgIpc) is 2.64. The van der Waals surface area contributed by atoms with Gasteiger partial charge in [0.05, 0.1) is 6.04 Å². The number of nitrogens with two attached hydrogens (primary N) is 1. The van der Waals surface area contributed by atoms with Crippen LogP contribution >= 0.6 is 0 Å². The van der Waals surface area contributed by atoms with E-state index in [1.807, 2.05) is 26.0 Å². The number of aryl methyl sites for hydroxylation is 1. The minimum atomic E-state index is 0.0601. The largest absolute Gasteiger partial charge is 0.465 e. The number of furan rings is 1. The average molecular weight is 238 g/mol. The first-order chi connectivity index (χ1) is 7.97. The van der Waals surface area contributed by atoms with Crippen LogP contribution in [0.25, 0.3) is 0 Å². The molecule has 0 saturated heterocycles. The van der Waals surface area contributed by atoms with Crippen molar-refractivity contribution in [2.24, 2.45) is 5.73 Å². The van der Waals surface area contributed by atoms with Crippen LogP contribution in [-0.4, -0.2) is 24.0 Å². The smallest absolute Gasteiger partial charge is 0.122 e. The third-order valence-electron chi connectivity index (χ3n) is 3.39. The maximum Gasteiger partial charge on any atom is 0.122 e. The molecule has 2 N–H and O–H groups in total. The van der Waals surface area contributed by atoms with Gasteiger partial charge in [-0.25, -0.2) is 0 Å². The molecule has 0 radical (unpaired) electrons. The molecular formula is C14H26N2O. The summed E-state index contributed by atoms with van der Waals surface area (Å²) in [6.07, 6.45) is 2.37. The van der Waals surface area contributed by atoms with E-state index in [0.29, 0.717) is 6.04 Å². The maximum absolute atomic E-state index is 6.11. The monoisotopic (exact) mass is 238 g/mol. The van der Waals surface area contributed by atoms with E-state index in [1.165, 1.54) is 12.8 Å². The highest BCUT2D eigenvalue weighted by Gasteiger charge is 2.26. The third-order valence-corrected chi connectivity index (χ3v) is 3.39. The summed E-state index contributed by atoms with van der Waals surface area (Å²) in [5, 5.41) is 0. The van der Waals surface area contributed by atoms with Crippen molar-refractivity contribution in [3.63, 3.8) is 0 Å². The highest BCUT2D eigenvalue weighted by molar-refractivity contribution is 5.12. The molecular weight excluding hydrogens is 212 g/mol. The maximum atomic E-state index is 6.11. The third kappa shape index (κ3) is 3.58. The zero-order valence-electron chi connectivity index (χ0n) is 11.7. The molecule has 1 rings (SSSR count). The van der Waals surface area contributed by atoms with E-state index in [1.54, 1.807) is 0 Å². The van der Waals surface area contributed by atoms with Crippen LogP contribution in [0.4, 0.5) is 0 Å². The second kappa shape index (κ2) is 6.22. The zero-order chi connectivity index (χ0) is 13.0. The van der Waals surface area contributed by atoms with Crippen LogP contribution in [-0.2, 0) is 0 Å². The first kappa shape index (κ1) is 14.3. The van der Waals surface area contributed by atoms with E-state index >= 15 is 0 Å². The predicted molar refractivity (Wildman–Crippen MR) is 72.0 cm³/mol. The molecule has 0 amide bonds. The quantitative estimate of drug-likeness (QED) is 0.828. The molecule has 1 aromatic rings. The first-order valence-corrected chi connectivity index (χ1v) is 6.51. The van der Waals surface area contributed by atoms with Crippen molar-refractivity contribution < 1.29 is 4.42 Å². The Morgan fingerprint density at radius 2 is 2.00 bits per heavy atom. The number of hydrogen-bond donors (Lipinski definition) is 1. The molecule has 3 heteroatoms.